The number of nitrogens with zero attached hydrogens (tertiary/aromatic N) is 5. The van der Waals surface area contributed by atoms with Crippen LogP contribution in [0, 0.1) is 0 Å². The number of H-pyrrole nitrogens is 2. The van der Waals surface area contributed by atoms with Gasteiger partial charge in [-0.25, -0.2) is 14.8 Å². The normalized spacial score (nSPS) is 14.9. The summed E-state index contributed by atoms with van der Waals surface area (Å²) in [5, 5.41) is 3.86. The number of pyridine rings is 1. The lowest BCUT2D eigenvalue weighted by Gasteiger charge is -2.19. The molecule has 0 radical (unpaired) electrons. The van der Waals surface area contributed by atoms with E-state index in [9.17, 15) is 9.59 Å². The quantitative estimate of drug-likeness (QED) is 0.311. The summed E-state index contributed by atoms with van der Waals surface area (Å²) in [6, 6.07) is 3.95. The second-order valence-electron chi connectivity index (χ2n) is 10.3. The molecule has 0 saturated carbocycles. The first-order chi connectivity index (χ1) is 19.9. The summed E-state index contributed by atoms with van der Waals surface area (Å²) in [5.74, 6) is 1.33. The standard InChI is InChI=1S/C30H33N7O4/c1-5-6-11-25-23(28(38)37(27(34-25)18(2)3)29-32-16-20(40-4)17-33-29)14-19-12-13-24(31-15-19)21-9-7-8-10-22(21)26-35-30(39)41-36-26/h7-8,10,12-13,15-18,21H,5-6,9,11,14H2,1-4H3,(H,35,36,39)/p+1. The Balaban J connectivity index is 1.51. The van der Waals surface area contributed by atoms with Gasteiger partial charge in [0, 0.05) is 35.7 Å². The van der Waals surface area contributed by atoms with Crippen LogP contribution in [0.1, 0.15) is 86.0 Å². The third-order valence-corrected chi connectivity index (χ3v) is 7.14. The van der Waals surface area contributed by atoms with Gasteiger partial charge in [0.1, 0.15) is 6.20 Å². The fraction of sp³-hybridized carbons (Fsp3) is 0.367. The molecular formula is C30H34N7O4+. The molecule has 1 atom stereocenters. The van der Waals surface area contributed by atoms with E-state index >= 15 is 0 Å². The molecule has 0 saturated heterocycles. The number of ether oxygens (including phenoxy) is 1. The summed E-state index contributed by atoms with van der Waals surface area (Å²) in [4.78, 5) is 45.6. The van der Waals surface area contributed by atoms with E-state index in [0.29, 0.717) is 48.2 Å². The highest BCUT2D eigenvalue weighted by molar-refractivity contribution is 5.69. The number of hydrogen-bond acceptors (Lipinski definition) is 8. The van der Waals surface area contributed by atoms with E-state index in [1.54, 1.807) is 30.3 Å². The molecule has 4 heterocycles. The van der Waals surface area contributed by atoms with Gasteiger partial charge in [-0.3, -0.25) is 19.3 Å². The number of hydrogen-bond donors (Lipinski definition) is 1. The van der Waals surface area contributed by atoms with Crippen molar-refractivity contribution < 1.29 is 14.2 Å². The molecule has 2 N–H and O–H groups in total. The molecular weight excluding hydrogens is 522 g/mol. The summed E-state index contributed by atoms with van der Waals surface area (Å²) in [5.41, 5.74) is 3.86. The number of nitrogens with one attached hydrogen (secondary N) is 2. The van der Waals surface area contributed by atoms with Crippen LogP contribution in [0.4, 0.5) is 0 Å². The molecule has 1 aliphatic carbocycles. The van der Waals surface area contributed by atoms with Crippen molar-refractivity contribution in [2.24, 2.45) is 0 Å². The lowest BCUT2D eigenvalue weighted by atomic mass is 9.87. The number of aryl methyl sites for hydroxylation is 1. The Bertz CT molecular complexity index is 1680. The van der Waals surface area contributed by atoms with E-state index < -0.39 is 5.76 Å². The van der Waals surface area contributed by atoms with Crippen LogP contribution in [0.5, 0.6) is 5.75 Å². The van der Waals surface area contributed by atoms with E-state index in [-0.39, 0.29) is 17.4 Å². The van der Waals surface area contributed by atoms with E-state index in [1.807, 2.05) is 38.1 Å². The second-order valence-corrected chi connectivity index (χ2v) is 10.3. The highest BCUT2D eigenvalue weighted by atomic mass is 16.5. The first kappa shape index (κ1) is 27.9. The average molecular weight is 557 g/mol. The van der Waals surface area contributed by atoms with Gasteiger partial charge < -0.3 is 4.74 Å². The van der Waals surface area contributed by atoms with E-state index in [4.69, 9.17) is 19.2 Å². The van der Waals surface area contributed by atoms with Crippen LogP contribution in [0.25, 0.3) is 11.5 Å². The van der Waals surface area contributed by atoms with Crippen LogP contribution >= 0.6 is 0 Å². The molecule has 0 aromatic carbocycles. The van der Waals surface area contributed by atoms with Gasteiger partial charge in [-0.2, -0.15) is 0 Å². The van der Waals surface area contributed by atoms with E-state index in [1.165, 1.54) is 0 Å². The predicted molar refractivity (Wildman–Crippen MR) is 152 cm³/mol. The van der Waals surface area contributed by atoms with E-state index in [0.717, 1.165) is 35.4 Å². The smallest absolute Gasteiger partial charge is 0.439 e. The topological polar surface area (TPSA) is 143 Å². The average Bonchev–Trinajstić information content (AvgIpc) is 3.43. The first-order valence-corrected chi connectivity index (χ1v) is 13.8. The van der Waals surface area contributed by atoms with Gasteiger partial charge in [0.05, 0.1) is 18.4 Å². The molecule has 0 bridgehead atoms. The number of allylic oxidation sites excluding steroid dienone is 4. The van der Waals surface area contributed by atoms with Crippen LogP contribution in [0.3, 0.4) is 0 Å². The Morgan fingerprint density at radius 1 is 1.22 bits per heavy atom. The van der Waals surface area contributed by atoms with Crippen molar-refractivity contribution in [3.05, 3.63) is 104 Å². The van der Waals surface area contributed by atoms with Gasteiger partial charge in [0.15, 0.2) is 23.6 Å². The SMILES string of the molecule is CCCCc1nc(C(C)C)n(-c2ncc(OC)c[nH+]2)c(=O)c1Cc1ccc(C2CC=CC=C2c2noc(=O)[nH]2)nc1. The van der Waals surface area contributed by atoms with Crippen molar-refractivity contribution in [2.75, 3.05) is 7.11 Å². The first-order valence-electron chi connectivity index (χ1n) is 13.8. The zero-order valence-corrected chi connectivity index (χ0v) is 23.7. The largest absolute Gasteiger partial charge is 0.491 e. The molecule has 4 aromatic rings. The van der Waals surface area contributed by atoms with Crippen molar-refractivity contribution in [1.82, 2.24) is 29.7 Å². The minimum absolute atomic E-state index is 0.00169. The maximum atomic E-state index is 14.1. The second kappa shape index (κ2) is 12.2. The summed E-state index contributed by atoms with van der Waals surface area (Å²) in [6.07, 6.45) is 14.7. The zero-order chi connectivity index (χ0) is 28.9. The van der Waals surface area contributed by atoms with Crippen molar-refractivity contribution in [1.29, 1.82) is 0 Å². The molecule has 4 aromatic heterocycles. The molecule has 0 fully saturated rings. The number of unbranched alkanes of at least 4 members (excludes halogenated alkanes) is 1. The van der Waals surface area contributed by atoms with Crippen LogP contribution in [-0.4, -0.2) is 36.8 Å². The minimum atomic E-state index is -0.596. The fourth-order valence-corrected chi connectivity index (χ4v) is 4.97. The van der Waals surface area contributed by atoms with Crippen molar-refractivity contribution >= 4 is 5.57 Å². The number of methoxy groups -OCH3 is 1. The fourth-order valence-electron chi connectivity index (χ4n) is 4.97. The Labute approximate surface area is 237 Å². The lowest BCUT2D eigenvalue weighted by Crippen LogP contribution is -2.34. The monoisotopic (exact) mass is 556 g/mol. The van der Waals surface area contributed by atoms with Gasteiger partial charge >= 0.3 is 17.3 Å². The summed E-state index contributed by atoms with van der Waals surface area (Å²) in [6.45, 7) is 6.16. The lowest BCUT2D eigenvalue weighted by molar-refractivity contribution is -0.379. The molecule has 0 aliphatic heterocycles. The summed E-state index contributed by atoms with van der Waals surface area (Å²) in [7, 11) is 1.56. The van der Waals surface area contributed by atoms with Crippen molar-refractivity contribution in [3.8, 4) is 11.7 Å². The van der Waals surface area contributed by atoms with Gasteiger partial charge in [0.2, 0.25) is 0 Å². The van der Waals surface area contributed by atoms with E-state index in [2.05, 4.69) is 33.1 Å². The summed E-state index contributed by atoms with van der Waals surface area (Å²) >= 11 is 0. The number of aromatic nitrogens is 7. The Kier molecular flexibility index (Phi) is 8.32. The highest BCUT2D eigenvalue weighted by Gasteiger charge is 2.27. The van der Waals surface area contributed by atoms with Crippen molar-refractivity contribution in [2.45, 2.75) is 64.7 Å². The minimum Gasteiger partial charge on any atom is -0.491 e. The van der Waals surface area contributed by atoms with Gasteiger partial charge in [-0.15, -0.1) is 4.57 Å². The number of rotatable bonds is 10. The molecule has 1 unspecified atom stereocenters. The van der Waals surface area contributed by atoms with Gasteiger partial charge in [-0.05, 0) is 30.9 Å². The highest BCUT2D eigenvalue weighted by Crippen LogP contribution is 2.35. The summed E-state index contributed by atoms with van der Waals surface area (Å²) < 4.78 is 11.5. The Hall–Kier alpha value is -4.67. The third-order valence-electron chi connectivity index (χ3n) is 7.14. The number of aromatic amines is 2. The van der Waals surface area contributed by atoms with Gasteiger partial charge in [0.25, 0.3) is 0 Å². The molecule has 212 valence electrons. The van der Waals surface area contributed by atoms with Crippen LogP contribution in [-0.2, 0) is 12.8 Å². The molecule has 41 heavy (non-hydrogen) atoms. The zero-order valence-electron chi connectivity index (χ0n) is 23.7. The predicted octanol–water partition coefficient (Wildman–Crippen LogP) is 3.71. The molecule has 0 amide bonds. The van der Waals surface area contributed by atoms with Crippen molar-refractivity contribution in [3.63, 3.8) is 0 Å². The molecule has 5 rings (SSSR count). The third kappa shape index (κ3) is 5.93. The van der Waals surface area contributed by atoms with Crippen LogP contribution in [0.2, 0.25) is 0 Å². The van der Waals surface area contributed by atoms with Crippen LogP contribution < -0.4 is 21.0 Å². The maximum absolute atomic E-state index is 14.1. The maximum Gasteiger partial charge on any atom is 0.439 e. The van der Waals surface area contributed by atoms with Gasteiger partial charge in [-0.1, -0.05) is 61.6 Å². The molecule has 11 nitrogen and oxygen atoms in total. The van der Waals surface area contributed by atoms with Crippen LogP contribution in [0.15, 0.2) is 63.1 Å². The molecule has 11 heteroatoms. The Morgan fingerprint density at radius 3 is 2.71 bits per heavy atom. The molecule has 0 spiro atoms. The Morgan fingerprint density at radius 2 is 2.07 bits per heavy atom. The molecule has 1 aliphatic rings.